The Morgan fingerprint density at radius 1 is 0.882 bits per heavy atom. The van der Waals surface area contributed by atoms with Gasteiger partial charge in [-0.3, -0.25) is 0 Å². The van der Waals surface area contributed by atoms with Crippen LogP contribution in [0.2, 0.25) is 0 Å². The molecule has 0 aliphatic rings. The second kappa shape index (κ2) is 8.06. The Morgan fingerprint density at radius 3 is 2.00 bits per heavy atom. The van der Waals surface area contributed by atoms with Crippen LogP contribution in [0, 0.1) is 0 Å². The van der Waals surface area contributed by atoms with Gasteiger partial charge in [-0.2, -0.15) is 0 Å². The van der Waals surface area contributed by atoms with Gasteiger partial charge in [-0.15, -0.1) is 0 Å². The molecule has 2 N–H and O–H groups in total. The normalized spacial score (nSPS) is 13.1. The Morgan fingerprint density at radius 2 is 1.47 bits per heavy atom. The first-order valence-electron chi connectivity index (χ1n) is 6.72. The summed E-state index contributed by atoms with van der Waals surface area (Å²) in [6.45, 7) is 9.85. The summed E-state index contributed by atoms with van der Waals surface area (Å²) in [5, 5.41) is 0. The van der Waals surface area contributed by atoms with E-state index in [-0.39, 0.29) is 11.2 Å². The van der Waals surface area contributed by atoms with Gasteiger partial charge in [0.1, 0.15) is 0 Å². The lowest BCUT2D eigenvalue weighted by Gasteiger charge is -2.31. The van der Waals surface area contributed by atoms with E-state index < -0.39 is 0 Å². The van der Waals surface area contributed by atoms with Crippen molar-refractivity contribution in [3.05, 3.63) is 0 Å². The minimum Gasteiger partial charge on any atom is -0.376 e. The van der Waals surface area contributed by atoms with Crippen LogP contribution in [0.3, 0.4) is 0 Å². The predicted molar refractivity (Wildman–Crippen MR) is 73.3 cm³/mol. The molecule has 0 rings (SSSR count). The number of rotatable bonds is 10. The number of unbranched alkanes of at least 4 members (excludes halogenated alkanes) is 3. The summed E-state index contributed by atoms with van der Waals surface area (Å²) in [5.41, 5.74) is 5.21. The van der Waals surface area contributed by atoms with Crippen LogP contribution in [-0.2, 0) is 9.47 Å². The Hall–Kier alpha value is -0.120. The minimum atomic E-state index is -0.198. The van der Waals surface area contributed by atoms with Crippen molar-refractivity contribution in [3.63, 3.8) is 0 Å². The third-order valence-corrected chi connectivity index (χ3v) is 3.10. The highest BCUT2D eigenvalue weighted by Gasteiger charge is 2.24. The molecule has 0 spiro atoms. The van der Waals surface area contributed by atoms with E-state index >= 15 is 0 Å². The molecule has 17 heavy (non-hydrogen) atoms. The average molecular weight is 245 g/mol. The smallest absolute Gasteiger partial charge is 0.0855 e. The molecule has 104 valence electrons. The van der Waals surface area contributed by atoms with E-state index in [1.54, 1.807) is 7.11 Å². The number of hydrogen-bond donors (Lipinski definition) is 1. The second-order valence-electron chi connectivity index (χ2n) is 5.97. The fourth-order valence-corrected chi connectivity index (χ4v) is 1.55. The molecular formula is C14H31NO2. The lowest BCUT2D eigenvalue weighted by Crippen LogP contribution is -2.35. The molecule has 0 saturated heterocycles. The third kappa shape index (κ3) is 9.57. The van der Waals surface area contributed by atoms with Crippen LogP contribution in [0.25, 0.3) is 0 Å². The molecule has 0 aromatic rings. The van der Waals surface area contributed by atoms with Gasteiger partial charge < -0.3 is 15.2 Å². The summed E-state index contributed by atoms with van der Waals surface area (Å²) in [5.74, 6) is 0. The molecule has 0 bridgehead atoms. The van der Waals surface area contributed by atoms with E-state index in [2.05, 4.69) is 13.8 Å². The third-order valence-electron chi connectivity index (χ3n) is 3.10. The van der Waals surface area contributed by atoms with Crippen LogP contribution in [0.1, 0.15) is 59.8 Å². The van der Waals surface area contributed by atoms with Crippen molar-refractivity contribution < 1.29 is 9.47 Å². The van der Waals surface area contributed by atoms with E-state index in [0.29, 0.717) is 6.61 Å². The van der Waals surface area contributed by atoms with Crippen LogP contribution in [-0.4, -0.2) is 31.5 Å². The molecule has 0 atom stereocenters. The Bertz CT molecular complexity index is 191. The molecule has 0 saturated carbocycles. The summed E-state index contributed by atoms with van der Waals surface area (Å²) in [6, 6.07) is 0. The molecule has 0 aliphatic carbocycles. The SMILES string of the molecule is COC(C)(C)COC(C)(C)CCCCCCN. The Labute approximate surface area is 107 Å². The zero-order valence-corrected chi connectivity index (χ0v) is 12.3. The number of hydrogen-bond acceptors (Lipinski definition) is 3. The maximum absolute atomic E-state index is 5.94. The van der Waals surface area contributed by atoms with Crippen molar-refractivity contribution in [3.8, 4) is 0 Å². The lowest BCUT2D eigenvalue weighted by molar-refractivity contribution is -0.109. The Balaban J connectivity index is 3.72. The topological polar surface area (TPSA) is 44.5 Å². The molecule has 0 heterocycles. The quantitative estimate of drug-likeness (QED) is 0.601. The van der Waals surface area contributed by atoms with E-state index in [1.807, 2.05) is 13.8 Å². The largest absolute Gasteiger partial charge is 0.376 e. The zero-order valence-electron chi connectivity index (χ0n) is 12.3. The van der Waals surface area contributed by atoms with Gasteiger partial charge in [0.05, 0.1) is 17.8 Å². The fraction of sp³-hybridized carbons (Fsp3) is 1.00. The first-order chi connectivity index (χ1) is 7.83. The molecule has 0 radical (unpaired) electrons. The summed E-state index contributed by atoms with van der Waals surface area (Å²) >= 11 is 0. The van der Waals surface area contributed by atoms with E-state index in [1.165, 1.54) is 19.3 Å². The van der Waals surface area contributed by atoms with Crippen LogP contribution in [0.4, 0.5) is 0 Å². The van der Waals surface area contributed by atoms with Crippen molar-refractivity contribution in [2.45, 2.75) is 71.0 Å². The van der Waals surface area contributed by atoms with Gasteiger partial charge in [-0.1, -0.05) is 19.3 Å². The number of nitrogens with two attached hydrogens (primary N) is 1. The summed E-state index contributed by atoms with van der Waals surface area (Å²) < 4.78 is 11.3. The monoisotopic (exact) mass is 245 g/mol. The highest BCUT2D eigenvalue weighted by Crippen LogP contribution is 2.21. The summed E-state index contributed by atoms with van der Waals surface area (Å²) in [6.07, 6.45) is 5.92. The Kier molecular flexibility index (Phi) is 8.01. The minimum absolute atomic E-state index is 0.0570. The molecule has 0 fully saturated rings. The van der Waals surface area contributed by atoms with Gasteiger partial charge in [-0.25, -0.2) is 0 Å². The van der Waals surface area contributed by atoms with E-state index in [0.717, 1.165) is 19.4 Å². The fourth-order valence-electron chi connectivity index (χ4n) is 1.55. The summed E-state index contributed by atoms with van der Waals surface area (Å²) in [4.78, 5) is 0. The van der Waals surface area contributed by atoms with E-state index in [9.17, 15) is 0 Å². The maximum Gasteiger partial charge on any atom is 0.0855 e. The first kappa shape index (κ1) is 16.9. The number of methoxy groups -OCH3 is 1. The van der Waals surface area contributed by atoms with E-state index in [4.69, 9.17) is 15.2 Å². The van der Waals surface area contributed by atoms with Gasteiger partial charge in [0, 0.05) is 7.11 Å². The van der Waals surface area contributed by atoms with Crippen molar-refractivity contribution >= 4 is 0 Å². The highest BCUT2D eigenvalue weighted by atomic mass is 16.5. The van der Waals surface area contributed by atoms with Crippen LogP contribution >= 0.6 is 0 Å². The predicted octanol–water partition coefficient (Wildman–Crippen LogP) is 3.12. The van der Waals surface area contributed by atoms with Gasteiger partial charge in [0.25, 0.3) is 0 Å². The van der Waals surface area contributed by atoms with Crippen molar-refractivity contribution in [2.24, 2.45) is 5.73 Å². The molecule has 0 aromatic heterocycles. The van der Waals surface area contributed by atoms with Gasteiger partial charge in [0.2, 0.25) is 0 Å². The molecule has 0 aliphatic heterocycles. The second-order valence-corrected chi connectivity index (χ2v) is 5.97. The standard InChI is InChI=1S/C14H31NO2/c1-13(2,10-8-6-7-9-11-15)17-12-14(3,4)16-5/h6-12,15H2,1-5H3. The lowest BCUT2D eigenvalue weighted by atomic mass is 9.99. The molecule has 0 amide bonds. The average Bonchev–Trinajstić information content (AvgIpc) is 2.27. The molecule has 0 unspecified atom stereocenters. The van der Waals surface area contributed by atoms with Crippen LogP contribution in [0.15, 0.2) is 0 Å². The zero-order chi connectivity index (χ0) is 13.4. The molecule has 3 heteroatoms. The van der Waals surface area contributed by atoms with Crippen molar-refractivity contribution in [1.29, 1.82) is 0 Å². The van der Waals surface area contributed by atoms with Crippen molar-refractivity contribution in [1.82, 2.24) is 0 Å². The first-order valence-corrected chi connectivity index (χ1v) is 6.72. The highest BCUT2D eigenvalue weighted by molar-refractivity contribution is 4.73. The van der Waals surface area contributed by atoms with Gasteiger partial charge >= 0.3 is 0 Å². The maximum atomic E-state index is 5.94. The van der Waals surface area contributed by atoms with Crippen molar-refractivity contribution in [2.75, 3.05) is 20.3 Å². The van der Waals surface area contributed by atoms with Gasteiger partial charge in [-0.05, 0) is 47.1 Å². The van der Waals surface area contributed by atoms with Gasteiger partial charge in [0.15, 0.2) is 0 Å². The van der Waals surface area contributed by atoms with Crippen LogP contribution < -0.4 is 5.73 Å². The number of ether oxygens (including phenoxy) is 2. The molecular weight excluding hydrogens is 214 g/mol. The van der Waals surface area contributed by atoms with Crippen LogP contribution in [0.5, 0.6) is 0 Å². The molecule has 0 aromatic carbocycles. The molecule has 3 nitrogen and oxygen atoms in total. The summed E-state index contributed by atoms with van der Waals surface area (Å²) in [7, 11) is 1.73.